The molecule has 0 unspecified atom stereocenters. The summed E-state index contributed by atoms with van der Waals surface area (Å²) in [5.74, 6) is 0.186. The number of nitriles is 1. The minimum absolute atomic E-state index is 0.0474. The van der Waals surface area contributed by atoms with Crippen molar-refractivity contribution in [3.8, 4) is 6.07 Å². The second-order valence-electron chi connectivity index (χ2n) is 8.96. The third-order valence-electron chi connectivity index (χ3n) is 6.49. The first-order chi connectivity index (χ1) is 17.5. The fourth-order valence-electron chi connectivity index (χ4n) is 4.88. The smallest absolute Gasteiger partial charge is 0.274 e. The largest absolute Gasteiger partial charge is 0.395 e. The molecule has 0 radical (unpaired) electrons. The van der Waals surface area contributed by atoms with Crippen molar-refractivity contribution in [3.63, 3.8) is 0 Å². The van der Waals surface area contributed by atoms with Crippen molar-refractivity contribution < 1.29 is 14.6 Å². The predicted octanol–water partition coefficient (Wildman–Crippen LogP) is 2.53. The molecule has 2 N–H and O–H groups in total. The van der Waals surface area contributed by atoms with E-state index in [0.717, 1.165) is 29.3 Å². The third-order valence-corrected chi connectivity index (χ3v) is 6.49. The lowest BCUT2D eigenvalue weighted by molar-refractivity contribution is -0.115. The highest BCUT2D eigenvalue weighted by atomic mass is 16.5. The number of rotatable bonds is 6. The minimum Gasteiger partial charge on any atom is -0.395 e. The quantitative estimate of drug-likeness (QED) is 0.428. The Morgan fingerprint density at radius 1 is 1.33 bits per heavy atom. The highest BCUT2D eigenvalue weighted by Crippen LogP contribution is 2.34. The molecule has 10 heteroatoms. The molecule has 1 fully saturated rings. The number of ether oxygens (including phenoxy) is 1. The molecule has 2 atom stereocenters. The predicted molar refractivity (Wildman–Crippen MR) is 134 cm³/mol. The molecule has 4 heterocycles. The van der Waals surface area contributed by atoms with E-state index in [2.05, 4.69) is 20.9 Å². The van der Waals surface area contributed by atoms with Gasteiger partial charge in [-0.15, -0.1) is 0 Å². The van der Waals surface area contributed by atoms with Crippen LogP contribution in [0.15, 0.2) is 47.5 Å². The summed E-state index contributed by atoms with van der Waals surface area (Å²) in [6, 6.07) is 10.8. The summed E-state index contributed by atoms with van der Waals surface area (Å²) in [5.41, 5.74) is 2.50. The van der Waals surface area contributed by atoms with Crippen molar-refractivity contribution in [1.29, 1.82) is 5.26 Å². The van der Waals surface area contributed by atoms with E-state index in [-0.39, 0.29) is 48.9 Å². The zero-order valence-electron chi connectivity index (χ0n) is 19.8. The van der Waals surface area contributed by atoms with Gasteiger partial charge in [-0.2, -0.15) is 5.26 Å². The summed E-state index contributed by atoms with van der Waals surface area (Å²) in [6.07, 6.45) is 4.78. The van der Waals surface area contributed by atoms with Crippen LogP contribution in [0.4, 0.5) is 5.69 Å². The van der Waals surface area contributed by atoms with Crippen LogP contribution in [-0.2, 0) is 22.5 Å². The van der Waals surface area contributed by atoms with Gasteiger partial charge in [-0.3, -0.25) is 14.6 Å². The molecule has 5 rings (SSSR count). The number of aromatic nitrogens is 4. The van der Waals surface area contributed by atoms with Gasteiger partial charge in [0.15, 0.2) is 0 Å². The minimum atomic E-state index is -0.383. The molecular weight excluding hydrogens is 460 g/mol. The Hall–Kier alpha value is -4.07. The number of benzene rings is 1. The molecule has 1 amide bonds. The molecule has 4 aromatic rings. The molecule has 1 aliphatic heterocycles. The van der Waals surface area contributed by atoms with Gasteiger partial charge in [-0.1, -0.05) is 0 Å². The molecular formula is C26H26N6O4. The van der Waals surface area contributed by atoms with E-state index < -0.39 is 0 Å². The van der Waals surface area contributed by atoms with Gasteiger partial charge in [0.2, 0.25) is 5.91 Å². The summed E-state index contributed by atoms with van der Waals surface area (Å²) < 4.78 is 9.20. The number of anilines is 1. The number of nitrogens with one attached hydrogen (secondary N) is 1. The van der Waals surface area contributed by atoms with Gasteiger partial charge in [0.05, 0.1) is 48.0 Å². The van der Waals surface area contributed by atoms with Crippen molar-refractivity contribution in [1.82, 2.24) is 19.1 Å². The normalized spacial score (nSPS) is 17.8. The van der Waals surface area contributed by atoms with E-state index in [1.165, 1.54) is 10.6 Å². The molecule has 10 nitrogen and oxygen atoms in total. The molecule has 3 aromatic heterocycles. The summed E-state index contributed by atoms with van der Waals surface area (Å²) in [4.78, 5) is 35.0. The summed E-state index contributed by atoms with van der Waals surface area (Å²) in [7, 11) is 0. The second-order valence-corrected chi connectivity index (χ2v) is 8.96. The monoisotopic (exact) mass is 486 g/mol. The maximum absolute atomic E-state index is 13.1. The first-order valence-corrected chi connectivity index (χ1v) is 11.9. The van der Waals surface area contributed by atoms with Crippen molar-refractivity contribution >= 4 is 33.5 Å². The second kappa shape index (κ2) is 9.89. The maximum Gasteiger partial charge on any atom is 0.274 e. The number of fused-ring (bicyclic) bond motifs is 3. The lowest BCUT2D eigenvalue weighted by Crippen LogP contribution is -2.29. The molecule has 1 aliphatic rings. The lowest BCUT2D eigenvalue weighted by Gasteiger charge is -2.30. The Bertz CT molecular complexity index is 1550. The summed E-state index contributed by atoms with van der Waals surface area (Å²) in [6.45, 7) is 2.58. The van der Waals surface area contributed by atoms with Gasteiger partial charge in [0, 0.05) is 30.8 Å². The Labute approximate surface area is 206 Å². The Morgan fingerprint density at radius 3 is 2.97 bits per heavy atom. The zero-order valence-corrected chi connectivity index (χ0v) is 19.8. The van der Waals surface area contributed by atoms with Crippen LogP contribution >= 0.6 is 0 Å². The van der Waals surface area contributed by atoms with Crippen molar-refractivity contribution in [2.45, 2.75) is 44.9 Å². The number of aliphatic hydroxyl groups is 1. The number of amides is 1. The number of aliphatic hydroxyl groups excluding tert-OH is 1. The van der Waals surface area contributed by atoms with Crippen LogP contribution in [0.3, 0.4) is 0 Å². The zero-order chi connectivity index (χ0) is 25.2. The molecule has 1 saturated heterocycles. The average Bonchev–Trinajstić information content (AvgIpc) is 3.24. The van der Waals surface area contributed by atoms with Crippen LogP contribution in [0.1, 0.15) is 37.2 Å². The molecule has 1 aromatic carbocycles. The van der Waals surface area contributed by atoms with Crippen LogP contribution in [-0.4, -0.2) is 49.4 Å². The van der Waals surface area contributed by atoms with E-state index in [1.54, 1.807) is 24.5 Å². The third kappa shape index (κ3) is 4.46. The van der Waals surface area contributed by atoms with E-state index in [1.807, 2.05) is 19.1 Å². The van der Waals surface area contributed by atoms with E-state index >= 15 is 0 Å². The van der Waals surface area contributed by atoms with Crippen molar-refractivity contribution in [2.75, 3.05) is 18.5 Å². The number of carbonyl (C=O) groups excluding carboxylic acids is 1. The molecule has 0 aliphatic carbocycles. The number of imidazole rings is 1. The first-order valence-electron chi connectivity index (χ1n) is 11.9. The van der Waals surface area contributed by atoms with Gasteiger partial charge in [0.1, 0.15) is 17.0 Å². The topological polar surface area (TPSA) is 135 Å². The van der Waals surface area contributed by atoms with Gasteiger partial charge in [-0.05, 0) is 50.1 Å². The van der Waals surface area contributed by atoms with Gasteiger partial charge in [0.25, 0.3) is 5.56 Å². The summed E-state index contributed by atoms with van der Waals surface area (Å²) >= 11 is 0. The molecule has 0 saturated carbocycles. The van der Waals surface area contributed by atoms with Gasteiger partial charge >= 0.3 is 0 Å². The number of carbonyl (C=O) groups is 1. The van der Waals surface area contributed by atoms with Crippen LogP contribution in [0.2, 0.25) is 0 Å². The van der Waals surface area contributed by atoms with Crippen LogP contribution in [0.5, 0.6) is 0 Å². The Kier molecular flexibility index (Phi) is 6.50. The fraction of sp³-hybridized carbons (Fsp3) is 0.346. The molecule has 36 heavy (non-hydrogen) atoms. The van der Waals surface area contributed by atoms with Gasteiger partial charge < -0.3 is 24.3 Å². The van der Waals surface area contributed by atoms with E-state index in [4.69, 9.17) is 9.72 Å². The standard InChI is InChI=1S/C26H26N6O4/c1-16-11-18(6-10-36-16)32-23(13-24(34)30-21-3-2-7-31(8-9-33)26(21)35)29-22-15-28-20-5-4-17(14-27)12-19(20)25(22)32/h2-5,7,12,15-16,18,33H,6,8-11,13H2,1H3,(H,30,34)/t16-,18-/m1/s1. The molecule has 0 spiro atoms. The number of nitrogens with zero attached hydrogens (tertiary/aromatic N) is 5. The average molecular weight is 487 g/mol. The Morgan fingerprint density at radius 2 is 2.19 bits per heavy atom. The van der Waals surface area contributed by atoms with Crippen LogP contribution in [0, 0.1) is 11.3 Å². The highest BCUT2D eigenvalue weighted by molar-refractivity contribution is 6.03. The van der Waals surface area contributed by atoms with E-state index in [9.17, 15) is 20.0 Å². The Balaban J connectivity index is 1.57. The van der Waals surface area contributed by atoms with Crippen LogP contribution in [0.25, 0.3) is 21.9 Å². The number of hydrogen-bond acceptors (Lipinski definition) is 7. The molecule has 184 valence electrons. The van der Waals surface area contributed by atoms with Gasteiger partial charge in [-0.25, -0.2) is 4.98 Å². The highest BCUT2D eigenvalue weighted by Gasteiger charge is 2.27. The fourth-order valence-corrected chi connectivity index (χ4v) is 4.88. The van der Waals surface area contributed by atoms with Crippen LogP contribution < -0.4 is 10.9 Å². The first kappa shape index (κ1) is 23.7. The summed E-state index contributed by atoms with van der Waals surface area (Å²) in [5, 5.41) is 22.1. The van der Waals surface area contributed by atoms with E-state index in [0.29, 0.717) is 23.5 Å². The lowest BCUT2D eigenvalue weighted by atomic mass is 10.0. The molecule has 0 bridgehead atoms. The van der Waals surface area contributed by atoms with Crippen molar-refractivity contribution in [3.05, 3.63) is 64.5 Å². The number of hydrogen-bond donors (Lipinski definition) is 2. The maximum atomic E-state index is 13.1. The van der Waals surface area contributed by atoms with Crippen molar-refractivity contribution in [2.24, 2.45) is 0 Å². The number of pyridine rings is 2. The SMILES string of the molecule is C[C@@H]1C[C@H](n2c(CC(=O)Nc3cccn(CCO)c3=O)nc3cnc4ccc(C#N)cc4c32)CCO1.